The largest absolute Gasteiger partial charge is 0.377 e. The number of carbonyl (C=O) groups is 1. The van der Waals surface area contributed by atoms with Gasteiger partial charge in [0.25, 0.3) is 0 Å². The predicted octanol–water partition coefficient (Wildman–Crippen LogP) is 1.15. The quantitative estimate of drug-likeness (QED) is 0.762. The highest BCUT2D eigenvalue weighted by molar-refractivity contribution is 7.85. The van der Waals surface area contributed by atoms with E-state index >= 15 is 0 Å². The van der Waals surface area contributed by atoms with Crippen LogP contribution >= 0.6 is 0 Å². The van der Waals surface area contributed by atoms with Gasteiger partial charge in [0, 0.05) is 7.11 Å². The molecule has 0 fully saturated rings. The highest BCUT2D eigenvalue weighted by Crippen LogP contribution is 2.11. The Hall–Kier alpha value is -1.07. The number of ether oxygens (including phenoxy) is 1. The van der Waals surface area contributed by atoms with Crippen LogP contribution in [0.5, 0.6) is 0 Å². The van der Waals surface area contributed by atoms with Gasteiger partial charge in [-0.2, -0.15) is 0 Å². The van der Waals surface area contributed by atoms with Crippen LogP contribution in [0.1, 0.15) is 0 Å². The standard InChI is InChI=1S/C10H11FO3S/c1-14-6-8(12)7-15(13)10-5-3-2-4-9(10)11/h2-5H,6-7H2,1H3. The minimum absolute atomic E-state index is 0.0574. The van der Waals surface area contributed by atoms with E-state index in [1.165, 1.54) is 25.3 Å². The van der Waals surface area contributed by atoms with Crippen molar-refractivity contribution in [3.8, 4) is 0 Å². The summed E-state index contributed by atoms with van der Waals surface area (Å²) in [6, 6.07) is 5.71. The molecule has 0 heterocycles. The fraction of sp³-hybridized carbons (Fsp3) is 0.300. The van der Waals surface area contributed by atoms with Gasteiger partial charge in [-0.25, -0.2) is 4.39 Å². The first-order valence-electron chi connectivity index (χ1n) is 4.28. The summed E-state index contributed by atoms with van der Waals surface area (Å²) in [6.45, 7) is -0.0970. The summed E-state index contributed by atoms with van der Waals surface area (Å²) in [6.07, 6.45) is 0. The summed E-state index contributed by atoms with van der Waals surface area (Å²) in [5.74, 6) is -1.07. The Labute approximate surface area is 89.7 Å². The number of carbonyl (C=O) groups excluding carboxylic acids is 1. The summed E-state index contributed by atoms with van der Waals surface area (Å²) in [7, 11) is -0.252. The van der Waals surface area contributed by atoms with Gasteiger partial charge in [-0.05, 0) is 12.1 Å². The number of methoxy groups -OCH3 is 1. The van der Waals surface area contributed by atoms with E-state index in [1.54, 1.807) is 6.07 Å². The first-order valence-corrected chi connectivity index (χ1v) is 5.60. The fourth-order valence-corrected chi connectivity index (χ4v) is 2.10. The maximum Gasteiger partial charge on any atom is 0.171 e. The van der Waals surface area contributed by atoms with Crippen molar-refractivity contribution in [3.63, 3.8) is 0 Å². The van der Waals surface area contributed by atoms with Crippen LogP contribution in [0.25, 0.3) is 0 Å². The Morgan fingerprint density at radius 3 is 2.73 bits per heavy atom. The molecule has 0 spiro atoms. The van der Waals surface area contributed by atoms with Gasteiger partial charge in [0.15, 0.2) is 5.78 Å². The topological polar surface area (TPSA) is 43.4 Å². The van der Waals surface area contributed by atoms with Crippen LogP contribution in [-0.2, 0) is 20.3 Å². The van der Waals surface area contributed by atoms with E-state index in [9.17, 15) is 13.4 Å². The summed E-state index contributed by atoms with van der Waals surface area (Å²) in [4.78, 5) is 11.2. The maximum absolute atomic E-state index is 13.1. The Balaban J connectivity index is 2.70. The van der Waals surface area contributed by atoms with Crippen LogP contribution in [0.15, 0.2) is 29.2 Å². The molecule has 0 aliphatic carbocycles. The van der Waals surface area contributed by atoms with E-state index in [4.69, 9.17) is 0 Å². The molecular weight excluding hydrogens is 219 g/mol. The van der Waals surface area contributed by atoms with Crippen molar-refractivity contribution in [2.45, 2.75) is 4.90 Å². The molecule has 0 saturated carbocycles. The molecule has 0 radical (unpaired) electrons. The van der Waals surface area contributed by atoms with E-state index in [0.29, 0.717) is 0 Å². The predicted molar refractivity (Wildman–Crippen MR) is 54.6 cm³/mol. The average Bonchev–Trinajstić information content (AvgIpc) is 2.18. The molecule has 0 saturated heterocycles. The normalized spacial score (nSPS) is 12.4. The molecule has 1 aromatic rings. The molecule has 0 aliphatic rings. The lowest BCUT2D eigenvalue weighted by Crippen LogP contribution is -2.16. The lowest BCUT2D eigenvalue weighted by Gasteiger charge is -2.02. The van der Waals surface area contributed by atoms with Gasteiger partial charge in [-0.3, -0.25) is 9.00 Å². The van der Waals surface area contributed by atoms with E-state index in [0.717, 1.165) is 0 Å². The third-order valence-corrected chi connectivity index (χ3v) is 3.09. The molecule has 0 N–H and O–H groups in total. The van der Waals surface area contributed by atoms with Crippen molar-refractivity contribution in [2.24, 2.45) is 0 Å². The number of hydrogen-bond acceptors (Lipinski definition) is 3. The first-order chi connectivity index (χ1) is 7.15. The van der Waals surface area contributed by atoms with Crippen molar-refractivity contribution >= 4 is 16.6 Å². The zero-order valence-corrected chi connectivity index (χ0v) is 9.05. The van der Waals surface area contributed by atoms with Crippen molar-refractivity contribution in [1.29, 1.82) is 0 Å². The van der Waals surface area contributed by atoms with Crippen molar-refractivity contribution in [3.05, 3.63) is 30.1 Å². The number of ketones is 1. The number of hydrogen-bond donors (Lipinski definition) is 0. The monoisotopic (exact) mass is 230 g/mol. The van der Waals surface area contributed by atoms with Crippen LogP contribution in [0, 0.1) is 5.82 Å². The second-order valence-electron chi connectivity index (χ2n) is 2.89. The van der Waals surface area contributed by atoms with E-state index in [1.807, 2.05) is 0 Å². The Bertz CT molecular complexity index is 379. The van der Waals surface area contributed by atoms with Gasteiger partial charge in [-0.1, -0.05) is 12.1 Å². The van der Waals surface area contributed by atoms with Crippen LogP contribution < -0.4 is 0 Å². The molecule has 82 valence electrons. The minimum Gasteiger partial charge on any atom is -0.377 e. The number of rotatable bonds is 5. The molecule has 15 heavy (non-hydrogen) atoms. The van der Waals surface area contributed by atoms with Gasteiger partial charge in [0.2, 0.25) is 0 Å². The van der Waals surface area contributed by atoms with Crippen molar-refractivity contribution in [2.75, 3.05) is 19.5 Å². The highest BCUT2D eigenvalue weighted by atomic mass is 32.2. The zero-order valence-electron chi connectivity index (χ0n) is 8.23. The first kappa shape index (κ1) is 12.0. The number of halogens is 1. The van der Waals surface area contributed by atoms with Crippen LogP contribution in [0.4, 0.5) is 4.39 Å². The molecule has 1 rings (SSSR count). The molecule has 1 unspecified atom stereocenters. The lowest BCUT2D eigenvalue weighted by atomic mass is 10.3. The van der Waals surface area contributed by atoms with Gasteiger partial charge >= 0.3 is 0 Å². The summed E-state index contributed by atoms with van der Waals surface area (Å²) >= 11 is 0. The molecular formula is C10H11FO3S. The second-order valence-corrected chi connectivity index (χ2v) is 4.31. The third kappa shape index (κ3) is 3.53. The SMILES string of the molecule is COCC(=O)CS(=O)c1ccccc1F. The van der Waals surface area contributed by atoms with Gasteiger partial charge < -0.3 is 4.74 Å². The number of Topliss-reactive ketones (excluding diaryl/α,β-unsaturated/α-hetero) is 1. The Kier molecular flexibility index (Phi) is 4.58. The fourth-order valence-electron chi connectivity index (χ4n) is 1.06. The summed E-state index contributed by atoms with van der Waals surface area (Å²) < 4.78 is 29.3. The van der Waals surface area contributed by atoms with E-state index < -0.39 is 16.6 Å². The lowest BCUT2D eigenvalue weighted by molar-refractivity contribution is -0.120. The molecule has 0 aliphatic heterocycles. The minimum atomic E-state index is -1.63. The highest BCUT2D eigenvalue weighted by Gasteiger charge is 2.13. The Morgan fingerprint density at radius 1 is 1.47 bits per heavy atom. The van der Waals surface area contributed by atoms with Gasteiger partial charge in [0.05, 0.1) is 21.4 Å². The van der Waals surface area contributed by atoms with Crippen molar-refractivity contribution in [1.82, 2.24) is 0 Å². The third-order valence-electron chi connectivity index (χ3n) is 1.68. The van der Waals surface area contributed by atoms with Crippen LogP contribution in [-0.4, -0.2) is 29.5 Å². The molecule has 3 nitrogen and oxygen atoms in total. The Morgan fingerprint density at radius 2 is 2.13 bits per heavy atom. The average molecular weight is 230 g/mol. The van der Waals surface area contributed by atoms with Crippen LogP contribution in [0.2, 0.25) is 0 Å². The zero-order chi connectivity index (χ0) is 11.3. The molecule has 5 heteroatoms. The smallest absolute Gasteiger partial charge is 0.171 e. The molecule has 0 bridgehead atoms. The molecule has 1 aromatic carbocycles. The van der Waals surface area contributed by atoms with Gasteiger partial charge in [-0.15, -0.1) is 0 Å². The molecule has 1 atom stereocenters. The molecule has 0 aromatic heterocycles. The summed E-state index contributed by atoms with van der Waals surface area (Å²) in [5, 5.41) is 0. The van der Waals surface area contributed by atoms with Crippen molar-refractivity contribution < 1.29 is 18.1 Å². The van der Waals surface area contributed by atoms with Gasteiger partial charge in [0.1, 0.15) is 12.4 Å². The number of benzene rings is 1. The molecule has 0 amide bonds. The van der Waals surface area contributed by atoms with Crippen LogP contribution in [0.3, 0.4) is 0 Å². The second kappa shape index (κ2) is 5.72. The summed E-state index contributed by atoms with van der Waals surface area (Å²) in [5.41, 5.74) is 0. The van der Waals surface area contributed by atoms with E-state index in [2.05, 4.69) is 4.74 Å². The maximum atomic E-state index is 13.1. The van der Waals surface area contributed by atoms with E-state index in [-0.39, 0.29) is 23.0 Å².